The van der Waals surface area contributed by atoms with E-state index in [4.69, 9.17) is 4.74 Å². The van der Waals surface area contributed by atoms with E-state index in [0.29, 0.717) is 17.9 Å². The molecule has 2 aromatic rings. The molecule has 2 aromatic heterocycles. The van der Waals surface area contributed by atoms with Crippen molar-refractivity contribution in [2.75, 3.05) is 26.7 Å². The molecule has 1 fully saturated rings. The number of pyridine rings is 2. The van der Waals surface area contributed by atoms with E-state index < -0.39 is 6.04 Å². The zero-order chi connectivity index (χ0) is 15.4. The summed E-state index contributed by atoms with van der Waals surface area (Å²) in [6.07, 6.45) is 5.36. The maximum absolute atomic E-state index is 11.4. The predicted octanol–water partition coefficient (Wildman–Crippen LogP) is 2.93. The highest BCUT2D eigenvalue weighted by molar-refractivity contribution is 5.78. The van der Waals surface area contributed by atoms with Crippen molar-refractivity contribution in [1.82, 2.24) is 14.9 Å². The minimum absolute atomic E-state index is 0.428. The number of fused-ring (bicyclic) bond motifs is 1. The predicted molar refractivity (Wildman–Crippen MR) is 84.9 cm³/mol. The summed E-state index contributed by atoms with van der Waals surface area (Å²) >= 11 is 0. The zero-order valence-corrected chi connectivity index (χ0v) is 12.7. The number of aromatic nitrogens is 2. The molecule has 0 N–H and O–H groups in total. The van der Waals surface area contributed by atoms with Gasteiger partial charge in [-0.25, -0.2) is 4.98 Å². The third kappa shape index (κ3) is 3.06. The fourth-order valence-electron chi connectivity index (χ4n) is 2.98. The summed E-state index contributed by atoms with van der Waals surface area (Å²) in [6.45, 7) is 2.71. The van der Waals surface area contributed by atoms with Gasteiger partial charge in [0.25, 0.3) is 0 Å². The largest absolute Gasteiger partial charge is 0.481 e. The van der Waals surface area contributed by atoms with Crippen molar-refractivity contribution in [3.05, 3.63) is 34.9 Å². The molecule has 116 valence electrons. The van der Waals surface area contributed by atoms with E-state index in [1.807, 2.05) is 12.1 Å². The normalized spacial score (nSPS) is 17.3. The second-order valence-electron chi connectivity index (χ2n) is 5.60. The van der Waals surface area contributed by atoms with Crippen LogP contribution in [0.1, 0.15) is 30.9 Å². The Kier molecular flexibility index (Phi) is 4.58. The van der Waals surface area contributed by atoms with Gasteiger partial charge in [-0.2, -0.15) is 4.91 Å². The van der Waals surface area contributed by atoms with E-state index in [0.717, 1.165) is 24.2 Å². The average molecular weight is 300 g/mol. The van der Waals surface area contributed by atoms with Crippen molar-refractivity contribution in [2.24, 2.45) is 5.18 Å². The number of nitrogens with zero attached hydrogens (tertiary/aromatic N) is 4. The van der Waals surface area contributed by atoms with Gasteiger partial charge in [0.15, 0.2) is 0 Å². The molecule has 3 heterocycles. The summed E-state index contributed by atoms with van der Waals surface area (Å²) in [5.41, 5.74) is 2.28. The first-order valence-corrected chi connectivity index (χ1v) is 7.66. The molecular weight excluding hydrogens is 280 g/mol. The van der Waals surface area contributed by atoms with Crippen LogP contribution < -0.4 is 4.74 Å². The summed E-state index contributed by atoms with van der Waals surface area (Å²) in [4.78, 5) is 22.5. The summed E-state index contributed by atoms with van der Waals surface area (Å²) in [6, 6.07) is 5.04. The Morgan fingerprint density at radius 3 is 2.82 bits per heavy atom. The highest BCUT2D eigenvalue weighted by atomic mass is 16.5. The lowest BCUT2D eigenvalue weighted by Crippen LogP contribution is -2.33. The summed E-state index contributed by atoms with van der Waals surface area (Å²) in [5.74, 6) is 0.518. The lowest BCUT2D eigenvalue weighted by Gasteiger charge is -2.28. The topological polar surface area (TPSA) is 67.7 Å². The van der Waals surface area contributed by atoms with E-state index in [2.05, 4.69) is 20.0 Å². The van der Waals surface area contributed by atoms with Crippen LogP contribution in [0.3, 0.4) is 0 Å². The lowest BCUT2D eigenvalue weighted by molar-refractivity contribution is 0.217. The van der Waals surface area contributed by atoms with Gasteiger partial charge in [-0.05, 0) is 38.1 Å². The molecule has 22 heavy (non-hydrogen) atoms. The molecule has 6 nitrogen and oxygen atoms in total. The number of likely N-dealkylation sites (tertiary alicyclic amines) is 1. The van der Waals surface area contributed by atoms with Crippen molar-refractivity contribution in [1.29, 1.82) is 0 Å². The van der Waals surface area contributed by atoms with Crippen LogP contribution in [0.15, 0.2) is 29.6 Å². The van der Waals surface area contributed by atoms with Crippen LogP contribution in [-0.4, -0.2) is 41.6 Å². The Hall–Kier alpha value is -2.08. The molecule has 3 rings (SSSR count). The second-order valence-corrected chi connectivity index (χ2v) is 5.60. The lowest BCUT2D eigenvalue weighted by atomic mass is 10.0. The van der Waals surface area contributed by atoms with E-state index in [1.165, 1.54) is 19.3 Å². The highest BCUT2D eigenvalue weighted by Gasteiger charge is 2.21. The Labute approximate surface area is 129 Å². The average Bonchev–Trinajstić information content (AvgIpc) is 2.59. The van der Waals surface area contributed by atoms with Crippen LogP contribution >= 0.6 is 0 Å². The molecule has 0 radical (unpaired) electrons. The summed E-state index contributed by atoms with van der Waals surface area (Å²) in [7, 11) is 1.58. The molecule has 1 aliphatic rings. The maximum atomic E-state index is 11.4. The Balaban J connectivity index is 1.93. The SMILES string of the molecule is COc1ccc2nccc([C@H](CN3CCCCC3)N=O)c2n1. The van der Waals surface area contributed by atoms with Crippen molar-refractivity contribution < 1.29 is 4.74 Å². The van der Waals surface area contributed by atoms with E-state index >= 15 is 0 Å². The van der Waals surface area contributed by atoms with Crippen LogP contribution in [0.5, 0.6) is 5.88 Å². The van der Waals surface area contributed by atoms with Crippen molar-refractivity contribution >= 4 is 11.0 Å². The van der Waals surface area contributed by atoms with Gasteiger partial charge < -0.3 is 9.64 Å². The second kappa shape index (κ2) is 6.79. The molecule has 0 unspecified atom stereocenters. The maximum Gasteiger partial charge on any atom is 0.213 e. The van der Waals surface area contributed by atoms with Gasteiger partial charge in [-0.3, -0.25) is 4.98 Å². The van der Waals surface area contributed by atoms with E-state index in [9.17, 15) is 4.91 Å². The zero-order valence-electron chi connectivity index (χ0n) is 12.7. The summed E-state index contributed by atoms with van der Waals surface area (Å²) in [5, 5.41) is 3.36. The van der Waals surface area contributed by atoms with Crippen molar-refractivity contribution in [3.8, 4) is 5.88 Å². The van der Waals surface area contributed by atoms with Crippen LogP contribution in [0, 0.1) is 4.91 Å². The van der Waals surface area contributed by atoms with Gasteiger partial charge in [-0.15, -0.1) is 0 Å². The Morgan fingerprint density at radius 1 is 1.27 bits per heavy atom. The number of hydrogen-bond donors (Lipinski definition) is 0. The number of methoxy groups -OCH3 is 1. The van der Waals surface area contributed by atoms with Crippen LogP contribution in [0.4, 0.5) is 0 Å². The standard InChI is InChI=1S/C16H20N4O2/c1-22-15-6-5-13-16(18-15)12(7-8-17-13)14(19-21)11-20-9-3-2-4-10-20/h5-8,14H,2-4,9-11H2,1H3/t14-/m0/s1. The van der Waals surface area contributed by atoms with Gasteiger partial charge >= 0.3 is 0 Å². The molecule has 1 aliphatic heterocycles. The number of ether oxygens (including phenoxy) is 1. The molecule has 0 spiro atoms. The highest BCUT2D eigenvalue weighted by Crippen LogP contribution is 2.27. The van der Waals surface area contributed by atoms with Crippen molar-refractivity contribution in [3.63, 3.8) is 0 Å². The van der Waals surface area contributed by atoms with Gasteiger partial charge in [0, 0.05) is 24.4 Å². The Bertz CT molecular complexity index is 656. The fourth-order valence-corrected chi connectivity index (χ4v) is 2.98. The molecule has 0 aliphatic carbocycles. The number of hydrogen-bond acceptors (Lipinski definition) is 6. The van der Waals surface area contributed by atoms with Gasteiger partial charge in [0.2, 0.25) is 5.88 Å². The van der Waals surface area contributed by atoms with Crippen LogP contribution in [0.25, 0.3) is 11.0 Å². The minimum atomic E-state index is -0.428. The smallest absolute Gasteiger partial charge is 0.213 e. The molecular formula is C16H20N4O2. The first kappa shape index (κ1) is 14.8. The molecule has 1 saturated heterocycles. The summed E-state index contributed by atoms with van der Waals surface area (Å²) < 4.78 is 5.18. The van der Waals surface area contributed by atoms with E-state index in [-0.39, 0.29) is 0 Å². The monoisotopic (exact) mass is 300 g/mol. The first-order chi connectivity index (χ1) is 10.8. The van der Waals surface area contributed by atoms with Gasteiger partial charge in [0.05, 0.1) is 18.1 Å². The third-order valence-corrected chi connectivity index (χ3v) is 4.16. The number of rotatable bonds is 5. The molecule has 6 heteroatoms. The van der Waals surface area contributed by atoms with Crippen LogP contribution in [-0.2, 0) is 0 Å². The van der Waals surface area contributed by atoms with E-state index in [1.54, 1.807) is 19.4 Å². The minimum Gasteiger partial charge on any atom is -0.481 e. The molecule has 0 saturated carbocycles. The van der Waals surface area contributed by atoms with Crippen LogP contribution in [0.2, 0.25) is 0 Å². The molecule has 1 atom stereocenters. The third-order valence-electron chi connectivity index (χ3n) is 4.16. The Morgan fingerprint density at radius 2 is 2.09 bits per heavy atom. The molecule has 0 amide bonds. The van der Waals surface area contributed by atoms with Gasteiger partial charge in [0.1, 0.15) is 6.04 Å². The fraction of sp³-hybridized carbons (Fsp3) is 0.500. The van der Waals surface area contributed by atoms with Crippen molar-refractivity contribution in [2.45, 2.75) is 25.3 Å². The molecule has 0 aromatic carbocycles. The number of piperidine rings is 1. The quantitative estimate of drug-likeness (QED) is 0.794. The van der Waals surface area contributed by atoms with Gasteiger partial charge in [-0.1, -0.05) is 11.6 Å². The first-order valence-electron chi connectivity index (χ1n) is 7.66. The number of nitroso groups, excluding NO2 is 1. The molecule has 0 bridgehead atoms.